The maximum absolute atomic E-state index is 5.37. The van der Waals surface area contributed by atoms with E-state index in [2.05, 4.69) is 54.6 Å². The first-order valence-electron chi connectivity index (χ1n) is 9.45. The fraction of sp³-hybridized carbons (Fsp3) is 0.286. The Morgan fingerprint density at radius 3 is 2.64 bits per heavy atom. The molecule has 1 saturated heterocycles. The molecule has 3 aromatic heterocycles. The van der Waals surface area contributed by atoms with Gasteiger partial charge in [-0.05, 0) is 12.5 Å². The van der Waals surface area contributed by atoms with E-state index in [1.54, 1.807) is 17.7 Å². The topological polar surface area (TPSA) is 58.3 Å². The van der Waals surface area contributed by atoms with Gasteiger partial charge in [0.2, 0.25) is 0 Å². The number of aromatic nitrogens is 3. The number of thiophene rings is 1. The molecule has 5 rings (SSSR count). The van der Waals surface area contributed by atoms with Crippen LogP contribution in [0.15, 0.2) is 52.6 Å². The Hall–Kier alpha value is -2.77. The minimum Gasteiger partial charge on any atom is -0.360 e. The molecule has 6 nitrogen and oxygen atoms in total. The van der Waals surface area contributed by atoms with E-state index in [4.69, 9.17) is 4.52 Å². The number of benzene rings is 1. The second-order valence-corrected chi connectivity index (χ2v) is 7.95. The Morgan fingerprint density at radius 2 is 1.89 bits per heavy atom. The molecule has 4 heterocycles. The Kier molecular flexibility index (Phi) is 4.54. The molecule has 0 aliphatic carbocycles. The van der Waals surface area contributed by atoms with E-state index < -0.39 is 0 Å². The summed E-state index contributed by atoms with van der Waals surface area (Å²) < 4.78 is 5.37. The van der Waals surface area contributed by atoms with E-state index in [0.717, 1.165) is 60.2 Å². The fourth-order valence-corrected chi connectivity index (χ4v) is 4.67. The quantitative estimate of drug-likeness (QED) is 0.525. The van der Waals surface area contributed by atoms with Gasteiger partial charge in [0.15, 0.2) is 5.76 Å². The minimum absolute atomic E-state index is 0.807. The van der Waals surface area contributed by atoms with Crippen molar-refractivity contribution < 1.29 is 4.52 Å². The van der Waals surface area contributed by atoms with Gasteiger partial charge in [0.25, 0.3) is 0 Å². The molecule has 0 saturated carbocycles. The molecule has 4 aromatic rings. The number of aryl methyl sites for hydroxylation is 1. The first-order valence-corrected chi connectivity index (χ1v) is 10.3. The van der Waals surface area contributed by atoms with E-state index in [-0.39, 0.29) is 0 Å². The van der Waals surface area contributed by atoms with Crippen molar-refractivity contribution in [1.82, 2.24) is 20.0 Å². The van der Waals surface area contributed by atoms with Crippen molar-refractivity contribution in [2.45, 2.75) is 13.5 Å². The van der Waals surface area contributed by atoms with Crippen molar-refractivity contribution in [3.63, 3.8) is 0 Å². The molecule has 7 heteroatoms. The smallest absolute Gasteiger partial charge is 0.150 e. The van der Waals surface area contributed by atoms with Crippen LogP contribution in [0.25, 0.3) is 21.3 Å². The lowest BCUT2D eigenvalue weighted by Gasteiger charge is -2.35. The predicted molar refractivity (Wildman–Crippen MR) is 112 cm³/mol. The summed E-state index contributed by atoms with van der Waals surface area (Å²) in [6, 6.07) is 12.5. The normalized spacial score (nSPS) is 15.4. The molecular weight excluding hydrogens is 370 g/mol. The second kappa shape index (κ2) is 7.33. The Morgan fingerprint density at radius 1 is 1.07 bits per heavy atom. The summed E-state index contributed by atoms with van der Waals surface area (Å²) in [4.78, 5) is 15.0. The van der Waals surface area contributed by atoms with E-state index in [9.17, 15) is 0 Å². The van der Waals surface area contributed by atoms with Gasteiger partial charge in [0.1, 0.15) is 17.0 Å². The van der Waals surface area contributed by atoms with Gasteiger partial charge < -0.3 is 9.42 Å². The molecule has 1 aliphatic rings. The molecule has 0 atom stereocenters. The number of anilines is 1. The lowest BCUT2D eigenvalue weighted by molar-refractivity contribution is 0.219. The zero-order valence-electron chi connectivity index (χ0n) is 15.7. The molecule has 1 fully saturated rings. The van der Waals surface area contributed by atoms with Crippen LogP contribution in [0.5, 0.6) is 0 Å². The molecule has 1 aromatic carbocycles. The molecule has 0 N–H and O–H groups in total. The first-order chi connectivity index (χ1) is 13.8. The molecule has 0 bridgehead atoms. The molecule has 0 unspecified atom stereocenters. The molecule has 1 aliphatic heterocycles. The second-order valence-electron chi connectivity index (χ2n) is 7.09. The van der Waals surface area contributed by atoms with Crippen molar-refractivity contribution in [2.24, 2.45) is 0 Å². The zero-order chi connectivity index (χ0) is 18.9. The summed E-state index contributed by atoms with van der Waals surface area (Å²) in [6.07, 6.45) is 1.69. The maximum atomic E-state index is 5.37. The monoisotopic (exact) mass is 391 g/mol. The van der Waals surface area contributed by atoms with Crippen LogP contribution in [-0.2, 0) is 6.54 Å². The lowest BCUT2D eigenvalue weighted by atomic mass is 10.1. The summed E-state index contributed by atoms with van der Waals surface area (Å²) in [6.45, 7) is 6.57. The van der Waals surface area contributed by atoms with Crippen LogP contribution in [0.2, 0.25) is 0 Å². The Balaban J connectivity index is 1.39. The van der Waals surface area contributed by atoms with E-state index >= 15 is 0 Å². The third kappa shape index (κ3) is 3.27. The van der Waals surface area contributed by atoms with Crippen LogP contribution in [0.1, 0.15) is 11.5 Å². The standard InChI is InChI=1S/C21H21N5OS/c1-15-11-17(27-24-15)12-25-7-9-26(10-8-25)20-19-18(16-5-3-2-4-6-16)13-28-21(19)23-14-22-20/h2-6,11,13-14H,7-10,12H2,1H3. The van der Waals surface area contributed by atoms with Gasteiger partial charge in [-0.2, -0.15) is 0 Å². The van der Waals surface area contributed by atoms with Gasteiger partial charge in [-0.15, -0.1) is 11.3 Å². The highest BCUT2D eigenvalue weighted by Crippen LogP contribution is 2.37. The van der Waals surface area contributed by atoms with E-state index in [1.807, 2.05) is 19.1 Å². The number of hydrogen-bond acceptors (Lipinski definition) is 7. The Bertz CT molecular complexity index is 1080. The number of fused-ring (bicyclic) bond motifs is 1. The summed E-state index contributed by atoms with van der Waals surface area (Å²) in [7, 11) is 0. The number of rotatable bonds is 4. The zero-order valence-corrected chi connectivity index (χ0v) is 16.5. The van der Waals surface area contributed by atoms with Gasteiger partial charge in [-0.25, -0.2) is 9.97 Å². The number of hydrogen-bond donors (Lipinski definition) is 0. The SMILES string of the molecule is Cc1cc(CN2CCN(c3ncnc4scc(-c5ccccc5)c34)CC2)on1. The van der Waals surface area contributed by atoms with Crippen LogP contribution < -0.4 is 4.90 Å². The molecule has 28 heavy (non-hydrogen) atoms. The summed E-state index contributed by atoms with van der Waals surface area (Å²) in [5.41, 5.74) is 3.36. The summed E-state index contributed by atoms with van der Waals surface area (Å²) in [5, 5.41) is 7.34. The third-order valence-electron chi connectivity index (χ3n) is 5.16. The maximum Gasteiger partial charge on any atom is 0.150 e. The highest BCUT2D eigenvalue weighted by atomic mass is 32.1. The van der Waals surface area contributed by atoms with Crippen molar-refractivity contribution in [3.8, 4) is 11.1 Å². The number of nitrogens with zero attached hydrogens (tertiary/aromatic N) is 5. The van der Waals surface area contributed by atoms with Crippen LogP contribution in [0.4, 0.5) is 5.82 Å². The Labute approximate surface area is 167 Å². The summed E-state index contributed by atoms with van der Waals surface area (Å²) in [5.74, 6) is 1.97. The average molecular weight is 392 g/mol. The third-order valence-corrected chi connectivity index (χ3v) is 6.05. The van der Waals surface area contributed by atoms with Crippen LogP contribution in [0.3, 0.4) is 0 Å². The molecule has 0 amide bonds. The van der Waals surface area contributed by atoms with Gasteiger partial charge in [-0.1, -0.05) is 35.5 Å². The van der Waals surface area contributed by atoms with Gasteiger partial charge in [0, 0.05) is 43.2 Å². The van der Waals surface area contributed by atoms with E-state index in [1.165, 1.54) is 11.1 Å². The summed E-state index contributed by atoms with van der Waals surface area (Å²) >= 11 is 1.68. The predicted octanol–water partition coefficient (Wildman–Crippen LogP) is 3.98. The highest BCUT2D eigenvalue weighted by Gasteiger charge is 2.23. The minimum atomic E-state index is 0.807. The fourth-order valence-electron chi connectivity index (χ4n) is 3.76. The van der Waals surface area contributed by atoms with Crippen LogP contribution in [0, 0.1) is 6.92 Å². The molecule has 142 valence electrons. The van der Waals surface area contributed by atoms with Gasteiger partial charge in [-0.3, -0.25) is 4.90 Å². The average Bonchev–Trinajstić information content (AvgIpc) is 3.35. The van der Waals surface area contributed by atoms with Crippen molar-refractivity contribution in [2.75, 3.05) is 31.1 Å². The largest absolute Gasteiger partial charge is 0.360 e. The van der Waals surface area contributed by atoms with Gasteiger partial charge in [0.05, 0.1) is 17.6 Å². The molecule has 0 spiro atoms. The van der Waals surface area contributed by atoms with Crippen molar-refractivity contribution in [1.29, 1.82) is 0 Å². The highest BCUT2D eigenvalue weighted by molar-refractivity contribution is 7.17. The molecule has 0 radical (unpaired) electrons. The lowest BCUT2D eigenvalue weighted by Crippen LogP contribution is -2.46. The van der Waals surface area contributed by atoms with Crippen LogP contribution >= 0.6 is 11.3 Å². The first kappa shape index (κ1) is 17.3. The van der Waals surface area contributed by atoms with Crippen LogP contribution in [-0.4, -0.2) is 46.2 Å². The molecular formula is C21H21N5OS. The van der Waals surface area contributed by atoms with Crippen molar-refractivity contribution >= 4 is 27.4 Å². The number of piperazine rings is 1. The van der Waals surface area contributed by atoms with Gasteiger partial charge >= 0.3 is 0 Å². The van der Waals surface area contributed by atoms with E-state index in [0.29, 0.717) is 0 Å². The van der Waals surface area contributed by atoms with Crippen molar-refractivity contribution in [3.05, 3.63) is 59.6 Å².